The van der Waals surface area contributed by atoms with Gasteiger partial charge in [0, 0.05) is 12.5 Å². The molecule has 1 amide bonds. The lowest BCUT2D eigenvalue weighted by atomic mass is 9.98. The molecule has 3 rings (SSSR count). The third-order valence-electron chi connectivity index (χ3n) is 6.33. The van der Waals surface area contributed by atoms with Crippen LogP contribution in [0, 0.1) is 0 Å². The molecule has 0 saturated heterocycles. The molecule has 1 aliphatic rings. The Morgan fingerprint density at radius 1 is 0.619 bits per heavy atom. The smallest absolute Gasteiger partial charge is 0.407 e. The van der Waals surface area contributed by atoms with Crippen molar-refractivity contribution in [3.8, 4) is 11.1 Å². The van der Waals surface area contributed by atoms with Crippen molar-refractivity contribution in [2.45, 2.75) is 5.92 Å². The molecule has 0 aromatic heterocycles. The number of benzene rings is 2. The van der Waals surface area contributed by atoms with E-state index < -0.39 is 6.09 Å². The van der Waals surface area contributed by atoms with Gasteiger partial charge in [0.2, 0.25) is 0 Å². The van der Waals surface area contributed by atoms with Crippen molar-refractivity contribution in [1.29, 1.82) is 0 Å². The lowest BCUT2D eigenvalue weighted by Gasteiger charge is -2.14. The molecular formula is C32H45NO9. The fourth-order valence-corrected chi connectivity index (χ4v) is 4.36. The number of amides is 1. The Morgan fingerprint density at radius 2 is 1.02 bits per heavy atom. The van der Waals surface area contributed by atoms with Crippen LogP contribution in [0.5, 0.6) is 0 Å². The van der Waals surface area contributed by atoms with Crippen molar-refractivity contribution in [3.63, 3.8) is 0 Å². The maximum atomic E-state index is 12.2. The second-order valence-corrected chi connectivity index (χ2v) is 9.29. The number of rotatable bonds is 25. The first kappa shape index (κ1) is 33.7. The van der Waals surface area contributed by atoms with Crippen molar-refractivity contribution in [3.05, 3.63) is 72.3 Å². The number of alkyl carbamates (subject to hydrolysis) is 1. The highest BCUT2D eigenvalue weighted by molar-refractivity contribution is 5.79. The van der Waals surface area contributed by atoms with Gasteiger partial charge in [-0.2, -0.15) is 0 Å². The van der Waals surface area contributed by atoms with Crippen LogP contribution in [-0.4, -0.2) is 112 Å². The normalized spacial score (nSPS) is 12.2. The summed E-state index contributed by atoms with van der Waals surface area (Å²) in [5, 5.41) is 2.74. The predicted molar refractivity (Wildman–Crippen MR) is 159 cm³/mol. The molecule has 10 heteroatoms. The van der Waals surface area contributed by atoms with E-state index in [-0.39, 0.29) is 5.92 Å². The van der Waals surface area contributed by atoms with E-state index in [4.69, 9.17) is 37.9 Å². The molecule has 0 radical (unpaired) electrons. The van der Waals surface area contributed by atoms with Gasteiger partial charge in [0.25, 0.3) is 0 Å². The Balaban J connectivity index is 1.05. The molecule has 42 heavy (non-hydrogen) atoms. The Labute approximate surface area is 249 Å². The van der Waals surface area contributed by atoms with Gasteiger partial charge in [0.05, 0.1) is 92.5 Å². The SMILES string of the molecule is C=CCOCCOCCOCCOCCOCCOCCOCCNC(=O)OCC1c2ccccc2-c2ccccc21. The maximum Gasteiger partial charge on any atom is 0.407 e. The molecule has 0 bridgehead atoms. The number of fused-ring (bicyclic) bond motifs is 3. The third-order valence-corrected chi connectivity index (χ3v) is 6.33. The largest absolute Gasteiger partial charge is 0.449 e. The highest BCUT2D eigenvalue weighted by atomic mass is 16.6. The lowest BCUT2D eigenvalue weighted by Crippen LogP contribution is -2.29. The molecule has 1 aliphatic carbocycles. The average Bonchev–Trinajstić information content (AvgIpc) is 3.34. The highest BCUT2D eigenvalue weighted by Crippen LogP contribution is 2.44. The monoisotopic (exact) mass is 587 g/mol. The van der Waals surface area contributed by atoms with Gasteiger partial charge >= 0.3 is 6.09 Å². The van der Waals surface area contributed by atoms with Crippen LogP contribution in [0.3, 0.4) is 0 Å². The van der Waals surface area contributed by atoms with Crippen molar-refractivity contribution < 1.29 is 42.7 Å². The zero-order chi connectivity index (χ0) is 29.5. The highest BCUT2D eigenvalue weighted by Gasteiger charge is 2.28. The van der Waals surface area contributed by atoms with E-state index in [2.05, 4.69) is 36.2 Å². The summed E-state index contributed by atoms with van der Waals surface area (Å²) in [6, 6.07) is 16.5. The van der Waals surface area contributed by atoms with Crippen LogP contribution in [-0.2, 0) is 37.9 Å². The maximum absolute atomic E-state index is 12.2. The molecule has 0 atom stereocenters. The molecule has 0 heterocycles. The van der Waals surface area contributed by atoms with Crippen LogP contribution in [0.4, 0.5) is 4.79 Å². The first-order valence-corrected chi connectivity index (χ1v) is 14.5. The molecule has 2 aromatic carbocycles. The van der Waals surface area contributed by atoms with Crippen LogP contribution in [0.25, 0.3) is 11.1 Å². The summed E-state index contributed by atoms with van der Waals surface area (Å²) in [5.41, 5.74) is 4.79. The third kappa shape index (κ3) is 13.0. The second-order valence-electron chi connectivity index (χ2n) is 9.29. The predicted octanol–water partition coefficient (Wildman–Crippen LogP) is 3.83. The average molecular weight is 588 g/mol. The van der Waals surface area contributed by atoms with Gasteiger partial charge in [-0.15, -0.1) is 6.58 Å². The van der Waals surface area contributed by atoms with Crippen molar-refractivity contribution in [2.75, 3.05) is 106 Å². The Kier molecular flexibility index (Phi) is 17.5. The minimum Gasteiger partial charge on any atom is -0.449 e. The summed E-state index contributed by atoms with van der Waals surface area (Å²) in [4.78, 5) is 12.2. The van der Waals surface area contributed by atoms with Crippen LogP contribution in [0.2, 0.25) is 0 Å². The molecule has 10 nitrogen and oxygen atoms in total. The molecule has 0 fully saturated rings. The van der Waals surface area contributed by atoms with E-state index in [9.17, 15) is 4.79 Å². The molecule has 0 unspecified atom stereocenters. The van der Waals surface area contributed by atoms with Gasteiger partial charge in [-0.25, -0.2) is 4.79 Å². The van der Waals surface area contributed by atoms with Crippen molar-refractivity contribution >= 4 is 6.09 Å². The van der Waals surface area contributed by atoms with Gasteiger partial charge < -0.3 is 43.2 Å². The van der Waals surface area contributed by atoms with Crippen LogP contribution in [0.1, 0.15) is 17.0 Å². The standard InChI is InChI=1S/C32H45NO9/c1-2-12-35-14-16-37-18-20-39-22-24-41-25-23-40-21-19-38-17-15-36-13-11-33-32(34)42-26-31-29-9-5-3-7-27(29)28-8-4-6-10-30(28)31/h2-10,31H,1,11-26H2,(H,33,34). The first-order valence-electron chi connectivity index (χ1n) is 14.5. The zero-order valence-electron chi connectivity index (χ0n) is 24.5. The van der Waals surface area contributed by atoms with Crippen LogP contribution >= 0.6 is 0 Å². The fourth-order valence-electron chi connectivity index (χ4n) is 4.36. The first-order chi connectivity index (χ1) is 20.8. The molecule has 0 saturated carbocycles. The fraction of sp³-hybridized carbons (Fsp3) is 0.531. The lowest BCUT2D eigenvalue weighted by molar-refractivity contribution is -0.0196. The summed E-state index contributed by atoms with van der Waals surface area (Å²) in [5.74, 6) is 0.0442. The summed E-state index contributed by atoms with van der Waals surface area (Å²) < 4.78 is 43.4. The minimum atomic E-state index is -0.447. The number of ether oxygens (including phenoxy) is 8. The van der Waals surface area contributed by atoms with Gasteiger partial charge in [-0.1, -0.05) is 54.6 Å². The van der Waals surface area contributed by atoms with E-state index in [0.29, 0.717) is 106 Å². The van der Waals surface area contributed by atoms with E-state index in [1.165, 1.54) is 22.3 Å². The Morgan fingerprint density at radius 3 is 1.48 bits per heavy atom. The summed E-state index contributed by atoms with van der Waals surface area (Å²) in [7, 11) is 0. The quantitative estimate of drug-likeness (QED) is 0.137. The molecule has 0 spiro atoms. The molecule has 1 N–H and O–H groups in total. The Bertz CT molecular complexity index is 973. The van der Waals surface area contributed by atoms with Crippen molar-refractivity contribution in [1.82, 2.24) is 5.32 Å². The van der Waals surface area contributed by atoms with Gasteiger partial charge in [-0.3, -0.25) is 0 Å². The van der Waals surface area contributed by atoms with E-state index in [1.54, 1.807) is 6.08 Å². The van der Waals surface area contributed by atoms with Gasteiger partial charge in [-0.05, 0) is 22.3 Å². The summed E-state index contributed by atoms with van der Waals surface area (Å²) in [6.45, 7) is 11.2. The summed E-state index contributed by atoms with van der Waals surface area (Å²) >= 11 is 0. The second kappa shape index (κ2) is 21.8. The number of carbonyl (C=O) groups excluding carboxylic acids is 1. The Hall–Kier alpha value is -2.83. The number of nitrogens with one attached hydrogen (secondary N) is 1. The molecule has 0 aliphatic heterocycles. The molecule has 2 aromatic rings. The van der Waals surface area contributed by atoms with E-state index in [0.717, 1.165) is 0 Å². The van der Waals surface area contributed by atoms with Gasteiger partial charge in [0.15, 0.2) is 0 Å². The van der Waals surface area contributed by atoms with Crippen molar-refractivity contribution in [2.24, 2.45) is 0 Å². The summed E-state index contributed by atoms with van der Waals surface area (Å²) in [6.07, 6.45) is 1.26. The zero-order valence-corrected chi connectivity index (χ0v) is 24.5. The minimum absolute atomic E-state index is 0.0442. The van der Waals surface area contributed by atoms with E-state index >= 15 is 0 Å². The van der Waals surface area contributed by atoms with Gasteiger partial charge in [0.1, 0.15) is 6.61 Å². The molecular weight excluding hydrogens is 542 g/mol. The number of hydrogen-bond donors (Lipinski definition) is 1. The van der Waals surface area contributed by atoms with Crippen LogP contribution < -0.4 is 5.32 Å². The topological polar surface area (TPSA) is 103 Å². The molecule has 232 valence electrons. The van der Waals surface area contributed by atoms with E-state index in [1.807, 2.05) is 24.3 Å². The number of hydrogen-bond acceptors (Lipinski definition) is 9. The van der Waals surface area contributed by atoms with Crippen LogP contribution in [0.15, 0.2) is 61.2 Å². The number of carbonyl (C=O) groups is 1.